The van der Waals surface area contributed by atoms with Crippen LogP contribution in [-0.2, 0) is 9.53 Å². The van der Waals surface area contributed by atoms with Crippen LogP contribution in [0, 0.1) is 0 Å². The van der Waals surface area contributed by atoms with Crippen molar-refractivity contribution < 1.29 is 9.53 Å². The van der Waals surface area contributed by atoms with Gasteiger partial charge < -0.3 is 10.1 Å². The van der Waals surface area contributed by atoms with Crippen LogP contribution >= 0.6 is 11.3 Å². The van der Waals surface area contributed by atoms with Crippen molar-refractivity contribution in [1.29, 1.82) is 0 Å². The molecule has 2 rings (SSSR count). The maximum Gasteiger partial charge on any atom is 0.255 e. The topological polar surface area (TPSA) is 63.2 Å². The number of nitrogens with one attached hydrogen (secondary N) is 2. The Hall–Kier alpha value is -0.980. The van der Waals surface area contributed by atoms with Gasteiger partial charge in [-0.2, -0.15) is 0 Å². The second-order valence-corrected chi connectivity index (χ2v) is 4.94. The molecule has 2 unspecified atom stereocenters. The summed E-state index contributed by atoms with van der Waals surface area (Å²) in [5, 5.41) is 8.50. The summed E-state index contributed by atoms with van der Waals surface area (Å²) >= 11 is 1.44. The van der Waals surface area contributed by atoms with Crippen molar-refractivity contribution in [3.63, 3.8) is 0 Å². The first-order valence-electron chi connectivity index (χ1n) is 5.76. The molecule has 0 spiro atoms. The molecule has 0 bridgehead atoms. The van der Waals surface area contributed by atoms with Gasteiger partial charge in [0.1, 0.15) is 6.10 Å². The van der Waals surface area contributed by atoms with Crippen LogP contribution in [0.15, 0.2) is 5.38 Å². The van der Waals surface area contributed by atoms with E-state index in [1.807, 2.05) is 19.4 Å². The van der Waals surface area contributed by atoms with E-state index in [1.54, 1.807) is 0 Å². The van der Waals surface area contributed by atoms with Gasteiger partial charge in [-0.3, -0.25) is 10.1 Å². The third kappa shape index (κ3) is 3.02. The summed E-state index contributed by atoms with van der Waals surface area (Å²) < 4.78 is 5.31. The van der Waals surface area contributed by atoms with Crippen LogP contribution in [0.2, 0.25) is 0 Å². The number of carbonyl (C=O) groups is 1. The van der Waals surface area contributed by atoms with Crippen molar-refractivity contribution >= 4 is 22.4 Å². The highest BCUT2D eigenvalue weighted by Crippen LogP contribution is 2.21. The number of amides is 1. The van der Waals surface area contributed by atoms with E-state index in [2.05, 4.69) is 15.6 Å². The van der Waals surface area contributed by atoms with Gasteiger partial charge in [0.2, 0.25) is 0 Å². The van der Waals surface area contributed by atoms with Crippen molar-refractivity contribution in [1.82, 2.24) is 10.3 Å². The average molecular weight is 255 g/mol. The van der Waals surface area contributed by atoms with Crippen LogP contribution in [0.5, 0.6) is 0 Å². The van der Waals surface area contributed by atoms with E-state index in [1.165, 1.54) is 11.3 Å². The first-order chi connectivity index (χ1) is 8.20. The SMILES string of the molecule is CNC(C)c1csc(NC(=O)C2CCCO2)n1. The minimum atomic E-state index is -0.302. The molecule has 1 saturated heterocycles. The fraction of sp³-hybridized carbons (Fsp3) is 0.636. The van der Waals surface area contributed by atoms with Crippen molar-refractivity contribution in [2.24, 2.45) is 0 Å². The Labute approximate surface area is 105 Å². The zero-order chi connectivity index (χ0) is 12.3. The largest absolute Gasteiger partial charge is 0.368 e. The minimum Gasteiger partial charge on any atom is -0.368 e. The predicted molar refractivity (Wildman–Crippen MR) is 67.2 cm³/mol. The molecular formula is C11H17N3O2S. The molecule has 1 aromatic heterocycles. The van der Waals surface area contributed by atoms with Gasteiger partial charge in [-0.1, -0.05) is 0 Å². The lowest BCUT2D eigenvalue weighted by Crippen LogP contribution is -2.26. The van der Waals surface area contributed by atoms with E-state index >= 15 is 0 Å². The first kappa shape index (κ1) is 12.5. The number of carbonyl (C=O) groups excluding carboxylic acids is 1. The van der Waals surface area contributed by atoms with Gasteiger partial charge in [-0.15, -0.1) is 11.3 Å². The lowest BCUT2D eigenvalue weighted by atomic mass is 10.2. The smallest absolute Gasteiger partial charge is 0.255 e. The molecule has 0 aliphatic carbocycles. The van der Waals surface area contributed by atoms with Crippen LogP contribution in [0.25, 0.3) is 0 Å². The molecule has 5 nitrogen and oxygen atoms in total. The molecule has 0 saturated carbocycles. The Balaban J connectivity index is 1.94. The van der Waals surface area contributed by atoms with Gasteiger partial charge in [0.15, 0.2) is 5.13 Å². The fourth-order valence-electron chi connectivity index (χ4n) is 1.66. The number of ether oxygens (including phenoxy) is 1. The van der Waals surface area contributed by atoms with Crippen LogP contribution in [0.4, 0.5) is 5.13 Å². The van der Waals surface area contributed by atoms with E-state index in [-0.39, 0.29) is 18.1 Å². The van der Waals surface area contributed by atoms with Gasteiger partial charge in [0, 0.05) is 18.0 Å². The van der Waals surface area contributed by atoms with E-state index in [0.717, 1.165) is 18.5 Å². The van der Waals surface area contributed by atoms with Gasteiger partial charge in [-0.05, 0) is 26.8 Å². The van der Waals surface area contributed by atoms with Gasteiger partial charge in [0.25, 0.3) is 5.91 Å². The quantitative estimate of drug-likeness (QED) is 0.856. The molecule has 2 heterocycles. The number of nitrogens with zero attached hydrogens (tertiary/aromatic N) is 1. The van der Waals surface area contributed by atoms with Crippen LogP contribution in [0.3, 0.4) is 0 Å². The molecule has 1 aromatic rings. The standard InChI is InChI=1S/C11H17N3O2S/c1-7(12-2)8-6-17-11(13-8)14-10(15)9-4-3-5-16-9/h6-7,9,12H,3-5H2,1-2H3,(H,13,14,15). The maximum atomic E-state index is 11.8. The number of rotatable bonds is 4. The fourth-order valence-corrected chi connectivity index (χ4v) is 2.47. The Kier molecular flexibility index (Phi) is 4.09. The zero-order valence-electron chi connectivity index (χ0n) is 10.0. The molecular weight excluding hydrogens is 238 g/mol. The summed E-state index contributed by atoms with van der Waals surface area (Å²) in [6.45, 7) is 2.71. The monoisotopic (exact) mass is 255 g/mol. The summed E-state index contributed by atoms with van der Waals surface area (Å²) in [6, 6.07) is 0.194. The van der Waals surface area contributed by atoms with E-state index in [9.17, 15) is 4.79 Å². The number of thiazole rings is 1. The Morgan fingerprint density at radius 1 is 1.71 bits per heavy atom. The summed E-state index contributed by atoms with van der Waals surface area (Å²) in [5.41, 5.74) is 0.945. The van der Waals surface area contributed by atoms with Gasteiger partial charge in [-0.25, -0.2) is 4.98 Å². The number of hydrogen-bond acceptors (Lipinski definition) is 5. The minimum absolute atomic E-state index is 0.0829. The highest BCUT2D eigenvalue weighted by Gasteiger charge is 2.24. The molecule has 1 aliphatic heterocycles. The lowest BCUT2D eigenvalue weighted by molar-refractivity contribution is -0.124. The summed E-state index contributed by atoms with van der Waals surface area (Å²) in [7, 11) is 1.88. The highest BCUT2D eigenvalue weighted by molar-refractivity contribution is 7.13. The normalized spacial score (nSPS) is 21.4. The third-order valence-corrected chi connectivity index (χ3v) is 3.63. The van der Waals surface area contributed by atoms with Gasteiger partial charge in [0.05, 0.1) is 5.69 Å². The Bertz CT molecular complexity index is 388. The molecule has 2 atom stereocenters. The first-order valence-corrected chi connectivity index (χ1v) is 6.64. The number of hydrogen-bond donors (Lipinski definition) is 2. The van der Waals surface area contributed by atoms with Gasteiger partial charge >= 0.3 is 0 Å². The summed E-state index contributed by atoms with van der Waals surface area (Å²) in [6.07, 6.45) is 1.46. The van der Waals surface area contributed by atoms with Crippen LogP contribution in [0.1, 0.15) is 31.5 Å². The van der Waals surface area contributed by atoms with Crippen molar-refractivity contribution in [2.75, 3.05) is 19.0 Å². The highest BCUT2D eigenvalue weighted by atomic mass is 32.1. The second kappa shape index (κ2) is 5.57. The van der Waals surface area contributed by atoms with Crippen molar-refractivity contribution in [2.45, 2.75) is 31.9 Å². The Morgan fingerprint density at radius 3 is 3.18 bits per heavy atom. The van der Waals surface area contributed by atoms with Crippen LogP contribution in [-0.4, -0.2) is 30.6 Å². The van der Waals surface area contributed by atoms with E-state index in [4.69, 9.17) is 4.74 Å². The van der Waals surface area contributed by atoms with Crippen molar-refractivity contribution in [3.05, 3.63) is 11.1 Å². The summed E-state index contributed by atoms with van der Waals surface area (Å²) in [5.74, 6) is -0.0829. The van der Waals surface area contributed by atoms with Crippen LogP contribution < -0.4 is 10.6 Å². The molecule has 0 aromatic carbocycles. The van der Waals surface area contributed by atoms with E-state index < -0.39 is 0 Å². The lowest BCUT2D eigenvalue weighted by Gasteiger charge is -2.08. The summed E-state index contributed by atoms with van der Waals surface area (Å²) in [4.78, 5) is 16.1. The molecule has 1 amide bonds. The van der Waals surface area contributed by atoms with E-state index in [0.29, 0.717) is 11.7 Å². The molecule has 94 valence electrons. The molecule has 0 radical (unpaired) electrons. The Morgan fingerprint density at radius 2 is 2.53 bits per heavy atom. The molecule has 17 heavy (non-hydrogen) atoms. The second-order valence-electron chi connectivity index (χ2n) is 4.08. The average Bonchev–Trinajstić information content (AvgIpc) is 2.98. The molecule has 2 N–H and O–H groups in total. The predicted octanol–water partition coefficient (Wildman–Crippen LogP) is 1.54. The maximum absolute atomic E-state index is 11.8. The molecule has 6 heteroatoms. The zero-order valence-corrected chi connectivity index (χ0v) is 10.8. The molecule has 1 fully saturated rings. The van der Waals surface area contributed by atoms with Crippen molar-refractivity contribution in [3.8, 4) is 0 Å². The third-order valence-electron chi connectivity index (χ3n) is 2.85. The number of anilines is 1. The number of aromatic nitrogens is 1. The molecule has 1 aliphatic rings.